The zero-order valence-corrected chi connectivity index (χ0v) is 7.63. The topological polar surface area (TPSA) is 30.5 Å². The maximum absolute atomic E-state index is 12.9. The van der Waals surface area contributed by atoms with E-state index in [1.807, 2.05) is 0 Å². The summed E-state index contributed by atoms with van der Waals surface area (Å²) in [6.45, 7) is 0.449. The Balaban J connectivity index is 2.76. The molecule has 0 saturated carbocycles. The van der Waals surface area contributed by atoms with Gasteiger partial charge in [-0.2, -0.15) is 5.48 Å². The third-order valence-electron chi connectivity index (χ3n) is 1.59. The van der Waals surface area contributed by atoms with Crippen LogP contribution in [0.15, 0.2) is 18.2 Å². The molecule has 1 rings (SSSR count). The molecule has 0 heterocycles. The van der Waals surface area contributed by atoms with Crippen LogP contribution in [0.4, 0.5) is 4.39 Å². The Labute approximate surface area is 76.4 Å². The Morgan fingerprint density at radius 2 is 2.08 bits per heavy atom. The van der Waals surface area contributed by atoms with Crippen molar-refractivity contribution in [1.29, 1.82) is 0 Å². The minimum absolute atomic E-state index is 0.313. The van der Waals surface area contributed by atoms with Crippen LogP contribution in [0.1, 0.15) is 5.56 Å². The van der Waals surface area contributed by atoms with Crippen molar-refractivity contribution in [1.82, 2.24) is 5.48 Å². The molecule has 0 aliphatic rings. The molecule has 0 amide bonds. The van der Waals surface area contributed by atoms with Gasteiger partial charge in [0, 0.05) is 12.6 Å². The lowest BCUT2D eigenvalue weighted by atomic mass is 10.2. The van der Waals surface area contributed by atoms with Crippen LogP contribution in [0.25, 0.3) is 0 Å². The Morgan fingerprint density at radius 1 is 1.31 bits per heavy atom. The Hall–Kier alpha value is -1.13. The Morgan fingerprint density at radius 3 is 2.69 bits per heavy atom. The number of halogens is 1. The molecule has 3 nitrogen and oxygen atoms in total. The maximum atomic E-state index is 12.9. The first-order valence-electron chi connectivity index (χ1n) is 3.85. The number of nitrogens with one attached hydrogen (secondary N) is 1. The molecule has 4 heteroatoms. The van der Waals surface area contributed by atoms with Gasteiger partial charge in [-0.05, 0) is 17.7 Å². The Bertz CT molecular complexity index is 278. The van der Waals surface area contributed by atoms with Crippen molar-refractivity contribution < 1.29 is 14.0 Å². The van der Waals surface area contributed by atoms with Crippen molar-refractivity contribution >= 4 is 0 Å². The Kier molecular flexibility index (Phi) is 3.67. The molecule has 0 aromatic heterocycles. The van der Waals surface area contributed by atoms with Crippen LogP contribution >= 0.6 is 0 Å². The summed E-state index contributed by atoms with van der Waals surface area (Å²) in [5, 5.41) is 0. The van der Waals surface area contributed by atoms with Gasteiger partial charge in [0.15, 0.2) is 0 Å². The second kappa shape index (κ2) is 4.79. The summed E-state index contributed by atoms with van der Waals surface area (Å²) in [4.78, 5) is 4.65. The van der Waals surface area contributed by atoms with Crippen molar-refractivity contribution in [2.45, 2.75) is 6.54 Å². The van der Waals surface area contributed by atoms with Crippen LogP contribution in [0.2, 0.25) is 0 Å². The molecule has 13 heavy (non-hydrogen) atoms. The van der Waals surface area contributed by atoms with Gasteiger partial charge >= 0.3 is 0 Å². The van der Waals surface area contributed by atoms with Crippen LogP contribution in [0, 0.1) is 5.82 Å². The molecule has 0 radical (unpaired) electrons. The zero-order valence-electron chi connectivity index (χ0n) is 7.63. The van der Waals surface area contributed by atoms with Crippen molar-refractivity contribution in [2.24, 2.45) is 0 Å². The average molecular weight is 185 g/mol. The van der Waals surface area contributed by atoms with Crippen molar-refractivity contribution in [3.05, 3.63) is 29.6 Å². The number of hydrogen-bond acceptors (Lipinski definition) is 3. The van der Waals surface area contributed by atoms with Crippen molar-refractivity contribution in [3.8, 4) is 5.75 Å². The third-order valence-corrected chi connectivity index (χ3v) is 1.59. The van der Waals surface area contributed by atoms with E-state index in [2.05, 4.69) is 10.3 Å². The van der Waals surface area contributed by atoms with Crippen molar-refractivity contribution in [2.75, 3.05) is 14.2 Å². The van der Waals surface area contributed by atoms with Gasteiger partial charge in [0.1, 0.15) is 11.6 Å². The predicted molar refractivity (Wildman–Crippen MR) is 46.8 cm³/mol. The van der Waals surface area contributed by atoms with E-state index in [9.17, 15) is 4.39 Å². The molecule has 0 fully saturated rings. The van der Waals surface area contributed by atoms with E-state index in [4.69, 9.17) is 4.74 Å². The highest BCUT2D eigenvalue weighted by Crippen LogP contribution is 2.15. The molecule has 0 spiro atoms. The molecule has 1 aromatic carbocycles. The predicted octanol–water partition coefficient (Wildman–Crippen LogP) is 1.49. The molecule has 72 valence electrons. The summed E-state index contributed by atoms with van der Waals surface area (Å²) < 4.78 is 17.8. The highest BCUT2D eigenvalue weighted by molar-refractivity contribution is 5.29. The van der Waals surface area contributed by atoms with Crippen LogP contribution in [0.3, 0.4) is 0 Å². The summed E-state index contributed by atoms with van der Waals surface area (Å²) in [5.41, 5.74) is 3.40. The zero-order chi connectivity index (χ0) is 9.68. The highest BCUT2D eigenvalue weighted by atomic mass is 19.1. The number of hydroxylamine groups is 1. The minimum atomic E-state index is -0.313. The molecule has 0 atom stereocenters. The molecular formula is C9H12FNO2. The van der Waals surface area contributed by atoms with Gasteiger partial charge in [-0.15, -0.1) is 0 Å². The molecule has 0 aliphatic heterocycles. The standard InChI is InChI=1S/C9H12FNO2/c1-12-9-4-7(6-11-13-2)3-8(10)5-9/h3-5,11H,6H2,1-2H3. The molecule has 0 bridgehead atoms. The van der Waals surface area contributed by atoms with Crippen LogP contribution in [-0.4, -0.2) is 14.2 Å². The van der Waals surface area contributed by atoms with Gasteiger partial charge in [0.25, 0.3) is 0 Å². The fourth-order valence-electron chi connectivity index (χ4n) is 0.996. The first-order valence-corrected chi connectivity index (χ1v) is 3.85. The summed E-state index contributed by atoms with van der Waals surface area (Å²) in [7, 11) is 3.01. The summed E-state index contributed by atoms with van der Waals surface area (Å²) >= 11 is 0. The lowest BCUT2D eigenvalue weighted by molar-refractivity contribution is 0.0866. The van der Waals surface area contributed by atoms with E-state index in [1.165, 1.54) is 26.4 Å². The number of benzene rings is 1. The smallest absolute Gasteiger partial charge is 0.127 e. The number of hydrogen-bond donors (Lipinski definition) is 1. The number of methoxy groups -OCH3 is 1. The van der Waals surface area contributed by atoms with E-state index >= 15 is 0 Å². The normalized spacial score (nSPS) is 10.1. The molecular weight excluding hydrogens is 173 g/mol. The van der Waals surface area contributed by atoms with E-state index in [-0.39, 0.29) is 5.82 Å². The van der Waals surface area contributed by atoms with Crippen LogP contribution in [-0.2, 0) is 11.4 Å². The van der Waals surface area contributed by atoms with E-state index < -0.39 is 0 Å². The highest BCUT2D eigenvalue weighted by Gasteiger charge is 2.00. The lowest BCUT2D eigenvalue weighted by Gasteiger charge is -2.05. The monoisotopic (exact) mass is 185 g/mol. The fourth-order valence-corrected chi connectivity index (χ4v) is 0.996. The molecule has 1 aromatic rings. The van der Waals surface area contributed by atoms with Crippen molar-refractivity contribution in [3.63, 3.8) is 0 Å². The summed E-state index contributed by atoms with van der Waals surface area (Å²) in [6, 6.07) is 4.50. The average Bonchev–Trinajstić information content (AvgIpc) is 2.14. The van der Waals surface area contributed by atoms with E-state index in [0.717, 1.165) is 5.56 Å². The fraction of sp³-hybridized carbons (Fsp3) is 0.333. The third kappa shape index (κ3) is 3.01. The quantitative estimate of drug-likeness (QED) is 0.721. The SMILES string of the molecule is CONCc1cc(F)cc(OC)c1. The second-order valence-electron chi connectivity index (χ2n) is 2.52. The maximum Gasteiger partial charge on any atom is 0.127 e. The number of ether oxygens (including phenoxy) is 1. The van der Waals surface area contributed by atoms with Gasteiger partial charge in [-0.3, -0.25) is 0 Å². The van der Waals surface area contributed by atoms with Crippen LogP contribution < -0.4 is 10.2 Å². The minimum Gasteiger partial charge on any atom is -0.497 e. The molecule has 0 unspecified atom stereocenters. The first kappa shape index (κ1) is 9.95. The van der Waals surface area contributed by atoms with Gasteiger partial charge in [-0.25, -0.2) is 4.39 Å². The molecule has 0 aliphatic carbocycles. The van der Waals surface area contributed by atoms with Gasteiger partial charge in [-0.1, -0.05) is 0 Å². The molecule has 1 N–H and O–H groups in total. The van der Waals surface area contributed by atoms with Gasteiger partial charge < -0.3 is 9.57 Å². The largest absolute Gasteiger partial charge is 0.497 e. The summed E-state index contributed by atoms with van der Waals surface area (Å²) in [6.07, 6.45) is 0. The van der Waals surface area contributed by atoms with Crippen LogP contribution in [0.5, 0.6) is 5.75 Å². The summed E-state index contributed by atoms with van der Waals surface area (Å²) in [5.74, 6) is 0.195. The van der Waals surface area contributed by atoms with E-state index in [0.29, 0.717) is 12.3 Å². The first-order chi connectivity index (χ1) is 6.26. The lowest BCUT2D eigenvalue weighted by Crippen LogP contribution is -2.10. The van der Waals surface area contributed by atoms with E-state index in [1.54, 1.807) is 6.07 Å². The van der Waals surface area contributed by atoms with Gasteiger partial charge in [0.05, 0.1) is 14.2 Å². The van der Waals surface area contributed by atoms with Gasteiger partial charge in [0.2, 0.25) is 0 Å². The molecule has 0 saturated heterocycles. The number of rotatable bonds is 4. The second-order valence-corrected chi connectivity index (χ2v) is 2.52.